The molecule has 0 aliphatic heterocycles. The second kappa shape index (κ2) is 5.15. The molecule has 0 unspecified atom stereocenters. The number of aryl methyl sites for hydroxylation is 2. The molecular formula is C14H20O2. The summed E-state index contributed by atoms with van der Waals surface area (Å²) in [6, 6.07) is 8.42. The molecule has 2 heteroatoms. The van der Waals surface area contributed by atoms with Gasteiger partial charge >= 0.3 is 5.97 Å². The van der Waals surface area contributed by atoms with Crippen molar-refractivity contribution in [1.29, 1.82) is 0 Å². The minimum Gasteiger partial charge on any atom is -0.469 e. The molecule has 0 N–H and O–H groups in total. The van der Waals surface area contributed by atoms with Crippen molar-refractivity contribution in [2.24, 2.45) is 5.41 Å². The Balaban J connectivity index is 2.57. The summed E-state index contributed by atoms with van der Waals surface area (Å²) in [6.45, 7) is 5.92. The zero-order valence-electron chi connectivity index (χ0n) is 10.5. The van der Waals surface area contributed by atoms with Gasteiger partial charge in [-0.15, -0.1) is 0 Å². The van der Waals surface area contributed by atoms with Crippen molar-refractivity contribution < 1.29 is 9.53 Å². The second-order valence-electron chi connectivity index (χ2n) is 4.86. The molecule has 0 heterocycles. The van der Waals surface area contributed by atoms with Crippen LogP contribution in [0.15, 0.2) is 24.3 Å². The van der Waals surface area contributed by atoms with Gasteiger partial charge in [-0.25, -0.2) is 0 Å². The standard InChI is InChI=1S/C14H20O2/c1-11-5-7-12(8-6-11)9-10-14(2,3)13(15)16-4/h5-8H,9-10H2,1-4H3. The molecule has 0 bridgehead atoms. The van der Waals surface area contributed by atoms with Crippen LogP contribution in [0.3, 0.4) is 0 Å². The smallest absolute Gasteiger partial charge is 0.311 e. The van der Waals surface area contributed by atoms with Crippen molar-refractivity contribution in [2.45, 2.75) is 33.6 Å². The molecule has 0 spiro atoms. The van der Waals surface area contributed by atoms with Crippen LogP contribution in [0, 0.1) is 12.3 Å². The first kappa shape index (κ1) is 12.8. The molecule has 0 fully saturated rings. The summed E-state index contributed by atoms with van der Waals surface area (Å²) in [4.78, 5) is 11.5. The van der Waals surface area contributed by atoms with Crippen molar-refractivity contribution >= 4 is 5.97 Å². The van der Waals surface area contributed by atoms with Crippen LogP contribution in [0.1, 0.15) is 31.4 Å². The highest BCUT2D eigenvalue weighted by Crippen LogP contribution is 2.24. The summed E-state index contributed by atoms with van der Waals surface area (Å²) < 4.78 is 4.78. The molecule has 0 radical (unpaired) electrons. The van der Waals surface area contributed by atoms with Crippen molar-refractivity contribution in [3.05, 3.63) is 35.4 Å². The van der Waals surface area contributed by atoms with E-state index in [9.17, 15) is 4.79 Å². The van der Waals surface area contributed by atoms with Gasteiger partial charge in [-0.05, 0) is 39.2 Å². The van der Waals surface area contributed by atoms with Crippen molar-refractivity contribution in [3.8, 4) is 0 Å². The fraction of sp³-hybridized carbons (Fsp3) is 0.500. The number of benzene rings is 1. The molecule has 0 aliphatic rings. The lowest BCUT2D eigenvalue weighted by molar-refractivity contribution is -0.151. The molecule has 1 aromatic carbocycles. The van der Waals surface area contributed by atoms with Gasteiger partial charge in [0.25, 0.3) is 0 Å². The predicted octanol–water partition coefficient (Wildman–Crippen LogP) is 3.13. The first-order valence-corrected chi connectivity index (χ1v) is 5.59. The van der Waals surface area contributed by atoms with Crippen LogP contribution in [-0.4, -0.2) is 13.1 Å². The quantitative estimate of drug-likeness (QED) is 0.729. The number of methoxy groups -OCH3 is 1. The lowest BCUT2D eigenvalue weighted by Crippen LogP contribution is -2.26. The molecule has 0 aromatic heterocycles. The van der Waals surface area contributed by atoms with E-state index in [1.165, 1.54) is 18.2 Å². The van der Waals surface area contributed by atoms with Crippen molar-refractivity contribution in [1.82, 2.24) is 0 Å². The van der Waals surface area contributed by atoms with Crippen LogP contribution >= 0.6 is 0 Å². The molecule has 2 nitrogen and oxygen atoms in total. The zero-order chi connectivity index (χ0) is 12.2. The SMILES string of the molecule is COC(=O)C(C)(C)CCc1ccc(C)cc1. The Bertz CT molecular complexity index is 350. The molecule has 0 aliphatic carbocycles. The van der Waals surface area contributed by atoms with Crippen LogP contribution < -0.4 is 0 Å². The van der Waals surface area contributed by atoms with Gasteiger partial charge in [0.2, 0.25) is 0 Å². The lowest BCUT2D eigenvalue weighted by atomic mass is 9.86. The fourth-order valence-corrected chi connectivity index (χ4v) is 1.59. The molecule has 88 valence electrons. The molecule has 0 atom stereocenters. The van der Waals surface area contributed by atoms with E-state index in [4.69, 9.17) is 4.74 Å². The van der Waals surface area contributed by atoms with E-state index in [0.717, 1.165) is 12.8 Å². The monoisotopic (exact) mass is 220 g/mol. The zero-order valence-corrected chi connectivity index (χ0v) is 10.5. The normalized spacial score (nSPS) is 11.2. The first-order chi connectivity index (χ1) is 7.45. The third-order valence-electron chi connectivity index (χ3n) is 2.90. The number of esters is 1. The minimum absolute atomic E-state index is 0.139. The van der Waals surface area contributed by atoms with Crippen LogP contribution in [0.5, 0.6) is 0 Å². The Labute approximate surface area is 97.6 Å². The average Bonchev–Trinajstić information content (AvgIpc) is 2.27. The lowest BCUT2D eigenvalue weighted by Gasteiger charge is -2.21. The Morgan fingerprint density at radius 3 is 2.31 bits per heavy atom. The summed E-state index contributed by atoms with van der Waals surface area (Å²) >= 11 is 0. The van der Waals surface area contributed by atoms with Gasteiger partial charge in [0.1, 0.15) is 0 Å². The maximum atomic E-state index is 11.5. The molecule has 0 saturated heterocycles. The highest BCUT2D eigenvalue weighted by Gasteiger charge is 2.27. The molecule has 16 heavy (non-hydrogen) atoms. The number of hydrogen-bond donors (Lipinski definition) is 0. The van der Waals surface area contributed by atoms with E-state index in [-0.39, 0.29) is 5.97 Å². The van der Waals surface area contributed by atoms with Crippen LogP contribution in [-0.2, 0) is 16.0 Å². The van der Waals surface area contributed by atoms with E-state index >= 15 is 0 Å². The van der Waals surface area contributed by atoms with Crippen LogP contribution in [0.25, 0.3) is 0 Å². The predicted molar refractivity (Wildman–Crippen MR) is 65.3 cm³/mol. The second-order valence-corrected chi connectivity index (χ2v) is 4.86. The Hall–Kier alpha value is -1.31. The van der Waals surface area contributed by atoms with Gasteiger partial charge in [0.05, 0.1) is 12.5 Å². The van der Waals surface area contributed by atoms with Crippen LogP contribution in [0.2, 0.25) is 0 Å². The maximum Gasteiger partial charge on any atom is 0.311 e. The van der Waals surface area contributed by atoms with Crippen LogP contribution in [0.4, 0.5) is 0 Å². The third kappa shape index (κ3) is 3.37. The van der Waals surface area contributed by atoms with Gasteiger partial charge in [-0.2, -0.15) is 0 Å². The van der Waals surface area contributed by atoms with Gasteiger partial charge in [0.15, 0.2) is 0 Å². The number of carbonyl (C=O) groups is 1. The Kier molecular flexibility index (Phi) is 4.11. The van der Waals surface area contributed by atoms with E-state index in [1.54, 1.807) is 0 Å². The maximum absolute atomic E-state index is 11.5. The van der Waals surface area contributed by atoms with E-state index in [0.29, 0.717) is 0 Å². The van der Waals surface area contributed by atoms with E-state index in [1.807, 2.05) is 13.8 Å². The summed E-state index contributed by atoms with van der Waals surface area (Å²) in [6.07, 6.45) is 1.71. The largest absolute Gasteiger partial charge is 0.469 e. The number of rotatable bonds is 4. The summed E-state index contributed by atoms with van der Waals surface area (Å²) in [7, 11) is 1.44. The number of carbonyl (C=O) groups excluding carboxylic acids is 1. The van der Waals surface area contributed by atoms with Gasteiger partial charge in [0, 0.05) is 0 Å². The molecule has 1 rings (SSSR count). The van der Waals surface area contributed by atoms with Gasteiger partial charge in [-0.3, -0.25) is 4.79 Å². The Morgan fingerprint density at radius 2 is 1.81 bits per heavy atom. The van der Waals surface area contributed by atoms with Crippen molar-refractivity contribution in [3.63, 3.8) is 0 Å². The fourth-order valence-electron chi connectivity index (χ4n) is 1.59. The topological polar surface area (TPSA) is 26.3 Å². The number of ether oxygens (including phenoxy) is 1. The first-order valence-electron chi connectivity index (χ1n) is 5.59. The molecule has 1 aromatic rings. The summed E-state index contributed by atoms with van der Waals surface area (Å²) in [5.74, 6) is -0.139. The highest BCUT2D eigenvalue weighted by atomic mass is 16.5. The summed E-state index contributed by atoms with van der Waals surface area (Å²) in [5.41, 5.74) is 2.12. The summed E-state index contributed by atoms with van der Waals surface area (Å²) in [5, 5.41) is 0. The number of hydrogen-bond acceptors (Lipinski definition) is 2. The Morgan fingerprint density at radius 1 is 1.25 bits per heavy atom. The molecule has 0 amide bonds. The van der Waals surface area contributed by atoms with E-state index in [2.05, 4.69) is 31.2 Å². The third-order valence-corrected chi connectivity index (χ3v) is 2.90. The molecule has 0 saturated carbocycles. The minimum atomic E-state index is -0.403. The highest BCUT2D eigenvalue weighted by molar-refractivity contribution is 5.75. The molecular weight excluding hydrogens is 200 g/mol. The van der Waals surface area contributed by atoms with Crippen molar-refractivity contribution in [2.75, 3.05) is 7.11 Å². The van der Waals surface area contributed by atoms with E-state index < -0.39 is 5.41 Å². The average molecular weight is 220 g/mol. The van der Waals surface area contributed by atoms with Gasteiger partial charge in [-0.1, -0.05) is 29.8 Å². The van der Waals surface area contributed by atoms with Gasteiger partial charge < -0.3 is 4.74 Å².